The fourth-order valence-corrected chi connectivity index (χ4v) is 4.58. The second kappa shape index (κ2) is 7.91. The van der Waals surface area contributed by atoms with Crippen LogP contribution in [0, 0.1) is 13.8 Å². The molecule has 0 bridgehead atoms. The molecular weight excluding hydrogens is 407 g/mol. The van der Waals surface area contributed by atoms with Gasteiger partial charge in [-0.05, 0) is 31.5 Å². The fourth-order valence-electron chi connectivity index (χ4n) is 3.27. The van der Waals surface area contributed by atoms with Gasteiger partial charge < -0.3 is 4.90 Å². The zero-order valence-corrected chi connectivity index (χ0v) is 17.9. The highest BCUT2D eigenvalue weighted by atomic mass is 35.5. The van der Waals surface area contributed by atoms with Crippen LogP contribution in [0.4, 0.5) is 5.82 Å². The van der Waals surface area contributed by atoms with Crippen LogP contribution in [-0.2, 0) is 16.4 Å². The first-order valence-electron chi connectivity index (χ1n) is 8.63. The SMILES string of the molecule is Cc1nc(C)c(Cc2ccc(Cl)cc2Cl)c(N2CCN(S(C)(=O)=O)CC2)n1. The van der Waals surface area contributed by atoms with E-state index in [2.05, 4.69) is 14.9 Å². The molecule has 0 saturated carbocycles. The molecule has 2 aromatic rings. The predicted molar refractivity (Wildman–Crippen MR) is 109 cm³/mol. The first kappa shape index (κ1) is 20.3. The smallest absolute Gasteiger partial charge is 0.211 e. The van der Waals surface area contributed by atoms with Crippen LogP contribution in [0.5, 0.6) is 0 Å². The summed E-state index contributed by atoms with van der Waals surface area (Å²) in [6, 6.07) is 5.46. The van der Waals surface area contributed by atoms with E-state index in [0.29, 0.717) is 48.5 Å². The molecule has 0 unspecified atom stereocenters. The molecular formula is C18H22Cl2N4O2S. The van der Waals surface area contributed by atoms with Crippen molar-refractivity contribution in [2.24, 2.45) is 0 Å². The molecule has 2 heterocycles. The number of aryl methyl sites for hydroxylation is 2. The third-order valence-electron chi connectivity index (χ3n) is 4.69. The van der Waals surface area contributed by atoms with Crippen molar-refractivity contribution in [2.75, 3.05) is 37.3 Å². The van der Waals surface area contributed by atoms with E-state index in [9.17, 15) is 8.42 Å². The first-order valence-corrected chi connectivity index (χ1v) is 11.2. The van der Waals surface area contributed by atoms with Crippen molar-refractivity contribution >= 4 is 39.0 Å². The molecule has 0 spiro atoms. The van der Waals surface area contributed by atoms with Gasteiger partial charge in [-0.25, -0.2) is 18.4 Å². The molecule has 1 fully saturated rings. The van der Waals surface area contributed by atoms with Crippen LogP contribution in [0.3, 0.4) is 0 Å². The van der Waals surface area contributed by atoms with E-state index in [4.69, 9.17) is 23.2 Å². The number of halogens is 2. The van der Waals surface area contributed by atoms with Gasteiger partial charge in [-0.2, -0.15) is 4.31 Å². The summed E-state index contributed by atoms with van der Waals surface area (Å²) in [4.78, 5) is 11.3. The third kappa shape index (κ3) is 4.71. The minimum Gasteiger partial charge on any atom is -0.354 e. The third-order valence-corrected chi connectivity index (χ3v) is 6.58. The Morgan fingerprint density at radius 1 is 1.07 bits per heavy atom. The topological polar surface area (TPSA) is 66.4 Å². The summed E-state index contributed by atoms with van der Waals surface area (Å²) in [5.74, 6) is 1.54. The van der Waals surface area contributed by atoms with Crippen molar-refractivity contribution in [3.05, 3.63) is 50.9 Å². The lowest BCUT2D eigenvalue weighted by Crippen LogP contribution is -2.49. The summed E-state index contributed by atoms with van der Waals surface area (Å²) >= 11 is 12.4. The van der Waals surface area contributed by atoms with Gasteiger partial charge in [-0.3, -0.25) is 0 Å². The van der Waals surface area contributed by atoms with E-state index in [-0.39, 0.29) is 0 Å². The van der Waals surface area contributed by atoms with Gasteiger partial charge in [-0.1, -0.05) is 29.3 Å². The fraction of sp³-hybridized carbons (Fsp3) is 0.444. The van der Waals surface area contributed by atoms with Gasteiger partial charge in [-0.15, -0.1) is 0 Å². The Hall–Kier alpha value is -1.41. The Morgan fingerprint density at radius 3 is 2.33 bits per heavy atom. The van der Waals surface area contributed by atoms with E-state index >= 15 is 0 Å². The molecule has 27 heavy (non-hydrogen) atoms. The molecule has 3 rings (SSSR count). The van der Waals surface area contributed by atoms with Gasteiger partial charge in [0.15, 0.2) is 0 Å². The molecule has 0 N–H and O–H groups in total. The maximum Gasteiger partial charge on any atom is 0.211 e. The number of piperazine rings is 1. The Bertz CT molecular complexity index is 958. The van der Waals surface area contributed by atoms with Gasteiger partial charge in [0.25, 0.3) is 0 Å². The van der Waals surface area contributed by atoms with Crippen LogP contribution in [-0.4, -0.2) is 55.1 Å². The van der Waals surface area contributed by atoms with E-state index in [1.54, 1.807) is 6.07 Å². The Balaban J connectivity index is 1.92. The first-order chi connectivity index (χ1) is 12.6. The lowest BCUT2D eigenvalue weighted by Gasteiger charge is -2.35. The maximum absolute atomic E-state index is 11.8. The number of sulfonamides is 1. The van der Waals surface area contributed by atoms with Gasteiger partial charge >= 0.3 is 0 Å². The van der Waals surface area contributed by atoms with Crippen molar-refractivity contribution in [3.8, 4) is 0 Å². The predicted octanol–water partition coefficient (Wildman–Crippen LogP) is 3.07. The van der Waals surface area contributed by atoms with E-state index < -0.39 is 10.0 Å². The van der Waals surface area contributed by atoms with Crippen LogP contribution in [0.25, 0.3) is 0 Å². The summed E-state index contributed by atoms with van der Waals surface area (Å²) in [6.07, 6.45) is 1.83. The van der Waals surface area contributed by atoms with Gasteiger partial charge in [0.1, 0.15) is 11.6 Å². The minimum atomic E-state index is -3.17. The monoisotopic (exact) mass is 428 g/mol. The average molecular weight is 429 g/mol. The molecule has 1 aromatic carbocycles. The molecule has 0 radical (unpaired) electrons. The number of aromatic nitrogens is 2. The molecule has 1 aliphatic heterocycles. The lowest BCUT2D eigenvalue weighted by atomic mass is 10.0. The number of hydrogen-bond acceptors (Lipinski definition) is 5. The van der Waals surface area contributed by atoms with E-state index in [1.807, 2.05) is 26.0 Å². The second-order valence-corrected chi connectivity index (χ2v) is 9.55. The molecule has 6 nitrogen and oxygen atoms in total. The van der Waals surface area contributed by atoms with Crippen molar-refractivity contribution < 1.29 is 8.42 Å². The van der Waals surface area contributed by atoms with Crippen LogP contribution in [0.2, 0.25) is 10.0 Å². The average Bonchev–Trinajstić information content (AvgIpc) is 2.58. The van der Waals surface area contributed by atoms with Gasteiger partial charge in [0, 0.05) is 53.9 Å². The number of nitrogens with zero attached hydrogens (tertiary/aromatic N) is 4. The molecule has 1 aliphatic rings. The molecule has 0 atom stereocenters. The van der Waals surface area contributed by atoms with Crippen molar-refractivity contribution in [3.63, 3.8) is 0 Å². The zero-order chi connectivity index (χ0) is 19.8. The molecule has 146 valence electrons. The molecule has 1 aromatic heterocycles. The van der Waals surface area contributed by atoms with Crippen molar-refractivity contribution in [1.82, 2.24) is 14.3 Å². The number of anilines is 1. The van der Waals surface area contributed by atoms with Crippen molar-refractivity contribution in [2.45, 2.75) is 20.3 Å². The minimum absolute atomic E-state index is 0.447. The maximum atomic E-state index is 11.8. The van der Waals surface area contributed by atoms with E-state index in [0.717, 1.165) is 22.6 Å². The summed E-state index contributed by atoms with van der Waals surface area (Å²) in [5.41, 5.74) is 2.85. The molecule has 9 heteroatoms. The highest BCUT2D eigenvalue weighted by molar-refractivity contribution is 7.88. The Labute approximate surface area is 170 Å². The van der Waals surface area contributed by atoms with Crippen LogP contribution in [0.15, 0.2) is 18.2 Å². The quantitative estimate of drug-likeness (QED) is 0.748. The normalized spacial score (nSPS) is 16.0. The van der Waals surface area contributed by atoms with Crippen molar-refractivity contribution in [1.29, 1.82) is 0 Å². The largest absolute Gasteiger partial charge is 0.354 e. The number of benzene rings is 1. The zero-order valence-electron chi connectivity index (χ0n) is 15.5. The van der Waals surface area contributed by atoms with Crippen LogP contribution in [0.1, 0.15) is 22.6 Å². The molecule has 0 amide bonds. The van der Waals surface area contributed by atoms with Gasteiger partial charge in [0.05, 0.1) is 6.26 Å². The molecule has 0 aliphatic carbocycles. The van der Waals surface area contributed by atoms with E-state index in [1.165, 1.54) is 10.6 Å². The van der Waals surface area contributed by atoms with Crippen LogP contribution >= 0.6 is 23.2 Å². The summed E-state index contributed by atoms with van der Waals surface area (Å²) in [7, 11) is -3.17. The number of hydrogen-bond donors (Lipinski definition) is 0. The lowest BCUT2D eigenvalue weighted by molar-refractivity contribution is 0.386. The summed E-state index contributed by atoms with van der Waals surface area (Å²) in [6.45, 7) is 5.89. The standard InChI is InChI=1S/C18H22Cl2N4O2S/c1-12-16(10-14-4-5-15(19)11-17(14)20)18(22-13(2)21-12)23-6-8-24(9-7-23)27(3,25)26/h4-5,11H,6-10H2,1-3H3. The molecule has 1 saturated heterocycles. The number of rotatable bonds is 4. The van der Waals surface area contributed by atoms with Gasteiger partial charge in [0.2, 0.25) is 10.0 Å². The Kier molecular flexibility index (Phi) is 5.96. The highest BCUT2D eigenvalue weighted by Crippen LogP contribution is 2.29. The Morgan fingerprint density at radius 2 is 1.74 bits per heavy atom. The van der Waals surface area contributed by atoms with Crippen LogP contribution < -0.4 is 4.90 Å². The summed E-state index contributed by atoms with van der Waals surface area (Å²) in [5, 5.41) is 1.20. The highest BCUT2D eigenvalue weighted by Gasteiger charge is 2.26. The second-order valence-electron chi connectivity index (χ2n) is 6.72. The summed E-state index contributed by atoms with van der Waals surface area (Å²) < 4.78 is 25.0.